The van der Waals surface area contributed by atoms with Crippen molar-refractivity contribution in [2.75, 3.05) is 0 Å². The quantitative estimate of drug-likeness (QED) is 0.551. The lowest BCUT2D eigenvalue weighted by molar-refractivity contribution is 0.0911. The predicted octanol–water partition coefficient (Wildman–Crippen LogP) is 2.06. The van der Waals surface area contributed by atoms with E-state index in [1.807, 2.05) is 17.5 Å². The van der Waals surface area contributed by atoms with Crippen molar-refractivity contribution in [2.45, 2.75) is 0 Å². The minimum atomic E-state index is -0.579. The predicted molar refractivity (Wildman–Crippen MR) is 83.6 cm³/mol. The number of hydrogen-bond donors (Lipinski definition) is 1. The highest BCUT2D eigenvalue weighted by Crippen LogP contribution is 2.21. The maximum atomic E-state index is 11.9. The fourth-order valence-corrected chi connectivity index (χ4v) is 2.69. The molecule has 3 heterocycles. The van der Waals surface area contributed by atoms with Crippen molar-refractivity contribution >= 4 is 39.4 Å². The van der Waals surface area contributed by atoms with E-state index in [-0.39, 0.29) is 5.89 Å². The topological polar surface area (TPSA) is 98.2 Å². The molecule has 0 fully saturated rings. The van der Waals surface area contributed by atoms with Crippen molar-refractivity contribution < 1.29 is 9.32 Å². The highest BCUT2D eigenvalue weighted by atomic mass is 79.9. The van der Waals surface area contributed by atoms with Crippen LogP contribution in [-0.4, -0.2) is 32.0 Å². The van der Waals surface area contributed by atoms with Crippen LogP contribution in [0.15, 0.2) is 37.8 Å². The molecule has 3 rings (SSSR count). The average Bonchev–Trinajstić information content (AvgIpc) is 3.22. The average molecular weight is 381 g/mol. The molecule has 0 bridgehead atoms. The van der Waals surface area contributed by atoms with Gasteiger partial charge in [0.05, 0.1) is 27.5 Å². The van der Waals surface area contributed by atoms with E-state index in [1.165, 1.54) is 17.6 Å². The van der Waals surface area contributed by atoms with Crippen LogP contribution in [0, 0.1) is 0 Å². The first-order valence-corrected chi connectivity index (χ1v) is 7.71. The van der Waals surface area contributed by atoms with Crippen molar-refractivity contribution in [3.63, 3.8) is 0 Å². The van der Waals surface area contributed by atoms with Gasteiger partial charge in [0.1, 0.15) is 0 Å². The van der Waals surface area contributed by atoms with Gasteiger partial charge in [0.2, 0.25) is 5.82 Å². The second kappa shape index (κ2) is 6.20. The number of nitrogens with zero attached hydrogens (tertiary/aromatic N) is 5. The van der Waals surface area contributed by atoms with Crippen LogP contribution in [0.1, 0.15) is 16.4 Å². The summed E-state index contributed by atoms with van der Waals surface area (Å²) in [6.07, 6.45) is 3.10. The number of thiophene rings is 1. The SMILES string of the molecule is Cn1ncc(Br)c1/C=N\NC(=O)c1nc(-c2cccs2)no1. The number of aryl methyl sites for hydroxylation is 1. The standard InChI is InChI=1S/C12H9BrN6O2S/c1-19-8(7(13)5-15-19)6-14-17-11(20)12-16-10(18-21-12)9-3-2-4-22-9/h2-6H,1H3,(H,17,20)/b14-6-. The van der Waals surface area contributed by atoms with Crippen LogP contribution >= 0.6 is 27.3 Å². The number of amides is 1. The molecule has 112 valence electrons. The summed E-state index contributed by atoms with van der Waals surface area (Å²) >= 11 is 4.79. The fraction of sp³-hybridized carbons (Fsp3) is 0.0833. The van der Waals surface area contributed by atoms with Crippen LogP contribution in [0.3, 0.4) is 0 Å². The lowest BCUT2D eigenvalue weighted by atomic mass is 10.4. The Labute approximate surface area is 137 Å². The van der Waals surface area contributed by atoms with E-state index in [2.05, 4.69) is 41.7 Å². The normalized spacial score (nSPS) is 11.2. The second-order valence-corrected chi connectivity index (χ2v) is 5.90. The molecule has 0 saturated carbocycles. The summed E-state index contributed by atoms with van der Waals surface area (Å²) in [7, 11) is 1.76. The number of hydrogen-bond acceptors (Lipinski definition) is 7. The fourth-order valence-electron chi connectivity index (χ4n) is 1.59. The summed E-state index contributed by atoms with van der Waals surface area (Å²) in [5.41, 5.74) is 3.04. The van der Waals surface area contributed by atoms with Crippen LogP contribution in [0.4, 0.5) is 0 Å². The minimum Gasteiger partial charge on any atom is -0.328 e. The Hall–Kier alpha value is -2.33. The monoisotopic (exact) mass is 380 g/mol. The third-order valence-electron chi connectivity index (χ3n) is 2.65. The first-order chi connectivity index (χ1) is 10.6. The van der Waals surface area contributed by atoms with E-state index in [0.717, 1.165) is 9.35 Å². The molecule has 0 aliphatic heterocycles. The van der Waals surface area contributed by atoms with E-state index in [4.69, 9.17) is 4.52 Å². The summed E-state index contributed by atoms with van der Waals surface area (Å²) in [6, 6.07) is 3.71. The molecular formula is C12H9BrN6O2S. The zero-order valence-corrected chi connectivity index (χ0v) is 13.6. The van der Waals surface area contributed by atoms with E-state index in [9.17, 15) is 4.79 Å². The lowest BCUT2D eigenvalue weighted by Gasteiger charge is -1.95. The molecule has 0 aliphatic carbocycles. The molecule has 3 aromatic rings. The first kappa shape index (κ1) is 14.6. The molecule has 10 heteroatoms. The third-order valence-corrected chi connectivity index (χ3v) is 4.13. The third kappa shape index (κ3) is 2.97. The number of hydrazone groups is 1. The summed E-state index contributed by atoms with van der Waals surface area (Å²) in [6.45, 7) is 0. The van der Waals surface area contributed by atoms with Crippen LogP contribution < -0.4 is 5.43 Å². The largest absolute Gasteiger partial charge is 0.329 e. The zero-order chi connectivity index (χ0) is 15.5. The van der Waals surface area contributed by atoms with Gasteiger partial charge in [-0.25, -0.2) is 5.43 Å². The number of nitrogens with one attached hydrogen (secondary N) is 1. The zero-order valence-electron chi connectivity index (χ0n) is 11.2. The van der Waals surface area contributed by atoms with Gasteiger partial charge in [0, 0.05) is 7.05 Å². The van der Waals surface area contributed by atoms with Crippen LogP contribution in [0.25, 0.3) is 10.7 Å². The van der Waals surface area contributed by atoms with Crippen LogP contribution in [0.2, 0.25) is 0 Å². The highest BCUT2D eigenvalue weighted by molar-refractivity contribution is 9.10. The molecule has 1 N–H and O–H groups in total. The van der Waals surface area contributed by atoms with Crippen molar-refractivity contribution in [1.29, 1.82) is 0 Å². The summed E-state index contributed by atoms with van der Waals surface area (Å²) in [5, 5.41) is 13.5. The Morgan fingerprint density at radius 2 is 2.45 bits per heavy atom. The molecule has 0 saturated heterocycles. The molecular weight excluding hydrogens is 372 g/mol. The van der Waals surface area contributed by atoms with Crippen LogP contribution in [0.5, 0.6) is 0 Å². The minimum absolute atomic E-state index is 0.148. The van der Waals surface area contributed by atoms with Gasteiger partial charge < -0.3 is 4.52 Å². The molecule has 0 aromatic carbocycles. The summed E-state index contributed by atoms with van der Waals surface area (Å²) in [5.74, 6) is -0.354. The molecule has 3 aromatic heterocycles. The molecule has 0 spiro atoms. The Morgan fingerprint density at radius 3 is 3.14 bits per heavy atom. The number of carbonyl (C=O) groups excluding carboxylic acids is 1. The van der Waals surface area contributed by atoms with Gasteiger partial charge in [-0.1, -0.05) is 11.2 Å². The van der Waals surface area contributed by atoms with Gasteiger partial charge in [-0.05, 0) is 27.4 Å². The van der Waals surface area contributed by atoms with Gasteiger partial charge in [0.15, 0.2) is 0 Å². The van der Waals surface area contributed by atoms with E-state index < -0.39 is 5.91 Å². The van der Waals surface area contributed by atoms with E-state index >= 15 is 0 Å². The van der Waals surface area contributed by atoms with Crippen molar-refractivity contribution in [2.24, 2.45) is 12.1 Å². The number of aromatic nitrogens is 4. The van der Waals surface area contributed by atoms with Crippen molar-refractivity contribution in [1.82, 2.24) is 25.3 Å². The van der Waals surface area contributed by atoms with Gasteiger partial charge in [0.25, 0.3) is 0 Å². The van der Waals surface area contributed by atoms with Gasteiger partial charge in [-0.2, -0.15) is 15.2 Å². The summed E-state index contributed by atoms with van der Waals surface area (Å²) < 4.78 is 7.30. The number of halogens is 1. The molecule has 0 radical (unpaired) electrons. The molecule has 22 heavy (non-hydrogen) atoms. The van der Waals surface area contributed by atoms with Gasteiger partial charge >= 0.3 is 11.8 Å². The van der Waals surface area contributed by atoms with Crippen molar-refractivity contribution in [3.05, 3.63) is 39.8 Å². The van der Waals surface area contributed by atoms with E-state index in [1.54, 1.807) is 17.9 Å². The number of rotatable bonds is 4. The van der Waals surface area contributed by atoms with Gasteiger partial charge in [-0.3, -0.25) is 9.48 Å². The molecule has 1 amide bonds. The molecule has 0 aliphatic rings. The molecule has 0 atom stereocenters. The Balaban J connectivity index is 1.68. The molecule has 0 unspecified atom stereocenters. The van der Waals surface area contributed by atoms with E-state index in [0.29, 0.717) is 11.5 Å². The number of carbonyl (C=O) groups is 1. The second-order valence-electron chi connectivity index (χ2n) is 4.10. The Bertz CT molecular complexity index is 803. The highest BCUT2D eigenvalue weighted by Gasteiger charge is 2.16. The van der Waals surface area contributed by atoms with Gasteiger partial charge in [-0.15, -0.1) is 11.3 Å². The Kier molecular flexibility index (Phi) is 4.11. The lowest BCUT2D eigenvalue weighted by Crippen LogP contribution is -2.18. The Morgan fingerprint density at radius 1 is 1.59 bits per heavy atom. The maximum Gasteiger partial charge on any atom is 0.329 e. The smallest absolute Gasteiger partial charge is 0.328 e. The summed E-state index contributed by atoms with van der Waals surface area (Å²) in [4.78, 5) is 16.7. The maximum absolute atomic E-state index is 11.9. The van der Waals surface area contributed by atoms with Crippen molar-refractivity contribution in [3.8, 4) is 10.7 Å². The molecule has 8 nitrogen and oxygen atoms in total. The first-order valence-electron chi connectivity index (χ1n) is 6.03. The van der Waals surface area contributed by atoms with Crippen LogP contribution in [-0.2, 0) is 7.05 Å².